The third-order valence-corrected chi connectivity index (χ3v) is 5.46. The molecule has 126 valence electrons. The number of likely N-dealkylation sites (tertiary alicyclic amines) is 1. The van der Waals surface area contributed by atoms with Crippen LogP contribution in [0.5, 0.6) is 0 Å². The first-order valence-electron chi connectivity index (χ1n) is 8.32. The Morgan fingerprint density at radius 3 is 2.52 bits per heavy atom. The van der Waals surface area contributed by atoms with Crippen LogP contribution in [0.15, 0.2) is 30.3 Å². The van der Waals surface area contributed by atoms with E-state index in [1.165, 1.54) is 30.2 Å². The molecule has 1 amide bonds. The quantitative estimate of drug-likeness (QED) is 0.786. The van der Waals surface area contributed by atoms with Crippen molar-refractivity contribution in [1.82, 2.24) is 10.2 Å². The normalized spacial score (nSPS) is 15.7. The van der Waals surface area contributed by atoms with Gasteiger partial charge in [-0.05, 0) is 30.7 Å². The molecule has 1 atom stereocenters. The molecule has 3 nitrogen and oxygen atoms in total. The highest BCUT2D eigenvalue weighted by Crippen LogP contribution is 2.22. The van der Waals surface area contributed by atoms with Gasteiger partial charge in [-0.3, -0.25) is 4.79 Å². The lowest BCUT2D eigenvalue weighted by atomic mass is 9.97. The summed E-state index contributed by atoms with van der Waals surface area (Å²) in [5, 5.41) is 3.17. The average Bonchev–Trinajstić information content (AvgIpc) is 3.07. The molecule has 1 aliphatic heterocycles. The molecule has 0 radical (unpaired) electrons. The minimum Gasteiger partial charge on any atom is -0.358 e. The van der Waals surface area contributed by atoms with Crippen LogP contribution in [0.3, 0.4) is 0 Å². The van der Waals surface area contributed by atoms with Crippen LogP contribution in [0.4, 0.5) is 0 Å². The molecule has 1 aromatic carbocycles. The number of thioether (sulfide) groups is 1. The maximum absolute atomic E-state index is 12.3. The highest BCUT2D eigenvalue weighted by atomic mass is 32.2. The lowest BCUT2D eigenvalue weighted by molar-refractivity contribution is -0.119. The number of rotatable bonds is 6. The van der Waals surface area contributed by atoms with Gasteiger partial charge in [0.25, 0.3) is 0 Å². The third-order valence-electron chi connectivity index (χ3n) is 3.94. The zero-order valence-electron chi connectivity index (χ0n) is 14.0. The van der Waals surface area contributed by atoms with E-state index in [4.69, 9.17) is 12.2 Å². The summed E-state index contributed by atoms with van der Waals surface area (Å²) in [5.41, 5.74) is 1.17. The van der Waals surface area contributed by atoms with Crippen molar-refractivity contribution in [1.29, 1.82) is 0 Å². The van der Waals surface area contributed by atoms with Crippen molar-refractivity contribution in [2.45, 2.75) is 39.2 Å². The molecular weight excluding hydrogens is 324 g/mol. The third kappa shape index (κ3) is 6.15. The first-order valence-corrected chi connectivity index (χ1v) is 9.71. The van der Waals surface area contributed by atoms with Crippen LogP contribution >= 0.6 is 24.0 Å². The van der Waals surface area contributed by atoms with Crippen LogP contribution in [0.25, 0.3) is 0 Å². The van der Waals surface area contributed by atoms with Gasteiger partial charge in [-0.25, -0.2) is 0 Å². The highest BCUT2D eigenvalue weighted by molar-refractivity contribution is 8.23. The molecule has 0 saturated carbocycles. The number of nitrogens with one attached hydrogen (secondary N) is 1. The molecule has 1 aliphatic rings. The summed E-state index contributed by atoms with van der Waals surface area (Å²) in [4.78, 5) is 14.5. The minimum atomic E-state index is 0.0612. The van der Waals surface area contributed by atoms with Crippen molar-refractivity contribution in [3.05, 3.63) is 35.9 Å². The number of amides is 1. The van der Waals surface area contributed by atoms with E-state index in [9.17, 15) is 4.79 Å². The van der Waals surface area contributed by atoms with E-state index >= 15 is 0 Å². The van der Waals surface area contributed by atoms with E-state index in [1.54, 1.807) is 0 Å². The SMILES string of the molecule is CC(C)C[C@H](NC(=O)CSC(=S)N1CCCC1)c1ccccc1. The molecule has 0 bridgehead atoms. The maximum atomic E-state index is 12.3. The molecule has 2 rings (SSSR count). The van der Waals surface area contributed by atoms with Gasteiger partial charge in [-0.1, -0.05) is 68.2 Å². The molecule has 23 heavy (non-hydrogen) atoms. The van der Waals surface area contributed by atoms with Crippen molar-refractivity contribution in [3.63, 3.8) is 0 Å². The van der Waals surface area contributed by atoms with Crippen LogP contribution in [0, 0.1) is 5.92 Å². The summed E-state index contributed by atoms with van der Waals surface area (Å²) in [6, 6.07) is 10.3. The predicted octanol–water partition coefficient (Wildman–Crippen LogP) is 4.00. The summed E-state index contributed by atoms with van der Waals surface area (Å²) in [6.07, 6.45) is 3.35. The van der Waals surface area contributed by atoms with Crippen LogP contribution in [0.1, 0.15) is 44.7 Å². The molecule has 1 aromatic rings. The molecule has 1 heterocycles. The Morgan fingerprint density at radius 2 is 1.91 bits per heavy atom. The largest absolute Gasteiger partial charge is 0.358 e. The molecule has 1 fully saturated rings. The second kappa shape index (κ2) is 9.28. The predicted molar refractivity (Wildman–Crippen MR) is 103 cm³/mol. The van der Waals surface area contributed by atoms with E-state index in [0.29, 0.717) is 11.7 Å². The topological polar surface area (TPSA) is 32.3 Å². The summed E-state index contributed by atoms with van der Waals surface area (Å²) >= 11 is 6.90. The Hall–Kier alpha value is -1.07. The number of thiocarbonyl (C=S) groups is 1. The fraction of sp³-hybridized carbons (Fsp3) is 0.556. The summed E-state index contributed by atoms with van der Waals surface area (Å²) in [5.74, 6) is 0.987. The first-order chi connectivity index (χ1) is 11.1. The van der Waals surface area contributed by atoms with Gasteiger partial charge in [0, 0.05) is 13.1 Å². The van der Waals surface area contributed by atoms with Gasteiger partial charge < -0.3 is 10.2 Å². The number of benzene rings is 1. The van der Waals surface area contributed by atoms with Gasteiger partial charge in [-0.2, -0.15) is 0 Å². The fourth-order valence-corrected chi connectivity index (χ4v) is 3.85. The average molecular weight is 351 g/mol. The Kier molecular flexibility index (Phi) is 7.37. The van der Waals surface area contributed by atoms with Gasteiger partial charge in [0.15, 0.2) is 0 Å². The highest BCUT2D eigenvalue weighted by Gasteiger charge is 2.19. The van der Waals surface area contributed by atoms with Crippen molar-refractivity contribution >= 4 is 34.2 Å². The monoisotopic (exact) mass is 350 g/mol. The van der Waals surface area contributed by atoms with E-state index < -0.39 is 0 Å². The second-order valence-corrected chi connectivity index (χ2v) is 8.02. The van der Waals surface area contributed by atoms with Crippen molar-refractivity contribution in [2.75, 3.05) is 18.8 Å². The van der Waals surface area contributed by atoms with E-state index in [0.717, 1.165) is 23.8 Å². The van der Waals surface area contributed by atoms with Crippen molar-refractivity contribution < 1.29 is 4.79 Å². The van der Waals surface area contributed by atoms with E-state index in [-0.39, 0.29) is 11.9 Å². The Morgan fingerprint density at radius 1 is 1.26 bits per heavy atom. The Bertz CT molecular complexity index is 513. The maximum Gasteiger partial charge on any atom is 0.230 e. The minimum absolute atomic E-state index is 0.0612. The molecule has 0 unspecified atom stereocenters. The smallest absolute Gasteiger partial charge is 0.230 e. The number of nitrogens with zero attached hydrogens (tertiary/aromatic N) is 1. The Labute approximate surface area is 149 Å². The fourth-order valence-electron chi connectivity index (χ4n) is 2.79. The van der Waals surface area contributed by atoms with Gasteiger partial charge in [0.05, 0.1) is 11.8 Å². The summed E-state index contributed by atoms with van der Waals surface area (Å²) in [7, 11) is 0. The molecule has 0 spiro atoms. The molecule has 1 saturated heterocycles. The standard InChI is InChI=1S/C18H26N2OS2/c1-14(2)12-16(15-8-4-3-5-9-15)19-17(21)13-23-18(22)20-10-6-7-11-20/h3-5,8-9,14,16H,6-7,10-13H2,1-2H3,(H,19,21)/t16-/m0/s1. The van der Waals surface area contributed by atoms with E-state index in [1.807, 2.05) is 18.2 Å². The summed E-state index contributed by atoms with van der Waals surface area (Å²) in [6.45, 7) is 6.43. The molecule has 0 aromatic heterocycles. The van der Waals surface area contributed by atoms with Crippen LogP contribution < -0.4 is 5.32 Å². The first kappa shape index (κ1) is 18.3. The van der Waals surface area contributed by atoms with Crippen LogP contribution in [-0.2, 0) is 4.79 Å². The number of carbonyl (C=O) groups is 1. The number of hydrogen-bond donors (Lipinski definition) is 1. The van der Waals surface area contributed by atoms with Crippen molar-refractivity contribution in [2.24, 2.45) is 5.92 Å². The number of hydrogen-bond acceptors (Lipinski definition) is 3. The summed E-state index contributed by atoms with van der Waals surface area (Å²) < 4.78 is 0.859. The number of carbonyl (C=O) groups excluding carboxylic acids is 1. The van der Waals surface area contributed by atoms with Crippen LogP contribution in [0.2, 0.25) is 0 Å². The zero-order valence-corrected chi connectivity index (χ0v) is 15.6. The van der Waals surface area contributed by atoms with E-state index in [2.05, 4.69) is 36.2 Å². The zero-order chi connectivity index (χ0) is 16.7. The van der Waals surface area contributed by atoms with Crippen molar-refractivity contribution in [3.8, 4) is 0 Å². The second-order valence-electron chi connectivity index (χ2n) is 6.41. The lowest BCUT2D eigenvalue weighted by Gasteiger charge is -2.22. The van der Waals surface area contributed by atoms with Gasteiger partial charge in [0.2, 0.25) is 5.91 Å². The van der Waals surface area contributed by atoms with Gasteiger partial charge in [0.1, 0.15) is 4.32 Å². The molecule has 1 N–H and O–H groups in total. The Balaban J connectivity index is 1.86. The lowest BCUT2D eigenvalue weighted by Crippen LogP contribution is -2.32. The van der Waals surface area contributed by atoms with Crippen LogP contribution in [-0.4, -0.2) is 34.0 Å². The molecule has 5 heteroatoms. The van der Waals surface area contributed by atoms with Gasteiger partial charge >= 0.3 is 0 Å². The molecule has 0 aliphatic carbocycles. The molecular formula is C18H26N2OS2. The van der Waals surface area contributed by atoms with Gasteiger partial charge in [-0.15, -0.1) is 0 Å².